The van der Waals surface area contributed by atoms with Gasteiger partial charge in [-0.2, -0.15) is 5.10 Å². The summed E-state index contributed by atoms with van der Waals surface area (Å²) in [5, 5.41) is 4.40. The van der Waals surface area contributed by atoms with Gasteiger partial charge in [-0.15, -0.1) is 0 Å². The topological polar surface area (TPSA) is 56.2 Å². The Labute approximate surface area is 75.4 Å². The normalized spacial score (nSPS) is 26.5. The third-order valence-electron chi connectivity index (χ3n) is 2.47. The standard InChI is InChI=1S/C9H10N4/c10-7-4-6(7)8-5-9-11-2-1-3-13(9)12-8/h1-3,5-7H,4,10H2/t6-,7-/m1/s1. The monoisotopic (exact) mass is 174 g/mol. The lowest BCUT2D eigenvalue weighted by atomic mass is 10.3. The zero-order chi connectivity index (χ0) is 8.84. The zero-order valence-electron chi connectivity index (χ0n) is 7.09. The third kappa shape index (κ3) is 1.02. The molecule has 0 aromatic carbocycles. The van der Waals surface area contributed by atoms with E-state index in [1.807, 2.05) is 18.3 Å². The van der Waals surface area contributed by atoms with E-state index in [1.54, 1.807) is 10.7 Å². The Kier molecular flexibility index (Phi) is 1.24. The van der Waals surface area contributed by atoms with Crippen LogP contribution in [0.25, 0.3) is 5.65 Å². The molecule has 1 aliphatic rings. The highest BCUT2D eigenvalue weighted by Crippen LogP contribution is 2.38. The maximum Gasteiger partial charge on any atom is 0.155 e. The molecule has 2 N–H and O–H groups in total. The summed E-state index contributed by atoms with van der Waals surface area (Å²) in [5.74, 6) is 0.460. The number of fused-ring (bicyclic) bond motifs is 1. The number of rotatable bonds is 1. The molecule has 1 aliphatic carbocycles. The molecule has 3 rings (SSSR count). The van der Waals surface area contributed by atoms with Crippen molar-refractivity contribution in [2.45, 2.75) is 18.4 Å². The van der Waals surface area contributed by atoms with Crippen LogP contribution >= 0.6 is 0 Å². The second-order valence-corrected chi connectivity index (χ2v) is 3.50. The Balaban J connectivity index is 2.12. The molecular weight excluding hydrogens is 164 g/mol. The number of aromatic nitrogens is 3. The largest absolute Gasteiger partial charge is 0.327 e. The van der Waals surface area contributed by atoms with Crippen LogP contribution in [0.15, 0.2) is 24.5 Å². The van der Waals surface area contributed by atoms with Crippen molar-refractivity contribution in [3.05, 3.63) is 30.2 Å². The highest BCUT2D eigenvalue weighted by molar-refractivity contribution is 5.41. The molecule has 4 nitrogen and oxygen atoms in total. The average Bonchev–Trinajstić information content (AvgIpc) is 2.74. The predicted molar refractivity (Wildman–Crippen MR) is 48.3 cm³/mol. The summed E-state index contributed by atoms with van der Waals surface area (Å²) >= 11 is 0. The Morgan fingerprint density at radius 2 is 2.38 bits per heavy atom. The molecule has 0 amide bonds. The molecule has 0 radical (unpaired) electrons. The molecule has 0 spiro atoms. The van der Waals surface area contributed by atoms with Gasteiger partial charge in [-0.05, 0) is 12.5 Å². The van der Waals surface area contributed by atoms with E-state index < -0.39 is 0 Å². The SMILES string of the molecule is N[C@@H]1C[C@H]1c1cc2ncccn2n1. The second kappa shape index (κ2) is 2.29. The van der Waals surface area contributed by atoms with Crippen LogP contribution < -0.4 is 5.73 Å². The van der Waals surface area contributed by atoms with Crippen LogP contribution in [0, 0.1) is 0 Å². The number of hydrogen-bond acceptors (Lipinski definition) is 3. The molecule has 1 saturated carbocycles. The summed E-state index contributed by atoms with van der Waals surface area (Å²) in [6.07, 6.45) is 4.73. The van der Waals surface area contributed by atoms with Crippen molar-refractivity contribution in [2.24, 2.45) is 5.73 Å². The highest BCUT2D eigenvalue weighted by atomic mass is 15.2. The average molecular weight is 174 g/mol. The Bertz CT molecular complexity index is 415. The fraction of sp³-hybridized carbons (Fsp3) is 0.333. The Morgan fingerprint density at radius 1 is 1.54 bits per heavy atom. The van der Waals surface area contributed by atoms with Gasteiger partial charge in [0.15, 0.2) is 5.65 Å². The summed E-state index contributed by atoms with van der Waals surface area (Å²) in [4.78, 5) is 4.20. The molecule has 66 valence electrons. The fourth-order valence-electron chi connectivity index (χ4n) is 1.58. The van der Waals surface area contributed by atoms with Crippen LogP contribution in [0.5, 0.6) is 0 Å². The first-order valence-corrected chi connectivity index (χ1v) is 4.40. The molecular formula is C9H10N4. The Morgan fingerprint density at radius 3 is 3.08 bits per heavy atom. The minimum atomic E-state index is 0.310. The van der Waals surface area contributed by atoms with Crippen molar-refractivity contribution in [1.82, 2.24) is 14.6 Å². The molecule has 1 fully saturated rings. The number of nitrogens with two attached hydrogens (primary N) is 1. The fourth-order valence-corrected chi connectivity index (χ4v) is 1.58. The lowest BCUT2D eigenvalue weighted by Gasteiger charge is -1.87. The summed E-state index contributed by atoms with van der Waals surface area (Å²) in [6.45, 7) is 0. The lowest BCUT2D eigenvalue weighted by molar-refractivity contribution is 0.863. The van der Waals surface area contributed by atoms with Gasteiger partial charge in [-0.3, -0.25) is 0 Å². The predicted octanol–water partition coefficient (Wildman–Crippen LogP) is 0.544. The van der Waals surface area contributed by atoms with E-state index in [4.69, 9.17) is 5.73 Å². The van der Waals surface area contributed by atoms with Gasteiger partial charge in [0.1, 0.15) is 0 Å². The summed E-state index contributed by atoms with van der Waals surface area (Å²) < 4.78 is 1.79. The second-order valence-electron chi connectivity index (χ2n) is 3.50. The quantitative estimate of drug-likeness (QED) is 0.686. The van der Waals surface area contributed by atoms with Gasteiger partial charge in [0.05, 0.1) is 5.69 Å². The van der Waals surface area contributed by atoms with Crippen LogP contribution in [0.1, 0.15) is 18.0 Å². The van der Waals surface area contributed by atoms with E-state index in [0.717, 1.165) is 17.8 Å². The molecule has 0 bridgehead atoms. The van der Waals surface area contributed by atoms with Crippen LogP contribution in [0.4, 0.5) is 0 Å². The summed E-state index contributed by atoms with van der Waals surface area (Å²) in [6, 6.07) is 4.19. The highest BCUT2D eigenvalue weighted by Gasteiger charge is 2.36. The van der Waals surface area contributed by atoms with E-state index in [0.29, 0.717) is 12.0 Å². The van der Waals surface area contributed by atoms with Gasteiger partial charge < -0.3 is 5.73 Å². The molecule has 2 aromatic heterocycles. The van der Waals surface area contributed by atoms with Crippen molar-refractivity contribution in [1.29, 1.82) is 0 Å². The maximum atomic E-state index is 5.75. The van der Waals surface area contributed by atoms with E-state index in [1.165, 1.54) is 0 Å². The first-order chi connectivity index (χ1) is 6.34. The van der Waals surface area contributed by atoms with Gasteiger partial charge in [-0.25, -0.2) is 9.50 Å². The molecule has 4 heteroatoms. The smallest absolute Gasteiger partial charge is 0.155 e. The van der Waals surface area contributed by atoms with E-state index in [2.05, 4.69) is 10.1 Å². The van der Waals surface area contributed by atoms with E-state index >= 15 is 0 Å². The number of hydrogen-bond donors (Lipinski definition) is 1. The molecule has 2 heterocycles. The van der Waals surface area contributed by atoms with Crippen molar-refractivity contribution in [2.75, 3.05) is 0 Å². The van der Waals surface area contributed by atoms with E-state index in [9.17, 15) is 0 Å². The number of nitrogens with zero attached hydrogens (tertiary/aromatic N) is 3. The van der Waals surface area contributed by atoms with Crippen molar-refractivity contribution >= 4 is 5.65 Å². The minimum Gasteiger partial charge on any atom is -0.327 e. The summed E-state index contributed by atoms with van der Waals surface area (Å²) in [7, 11) is 0. The van der Waals surface area contributed by atoms with Crippen LogP contribution in [0.3, 0.4) is 0 Å². The maximum absolute atomic E-state index is 5.75. The third-order valence-corrected chi connectivity index (χ3v) is 2.47. The van der Waals surface area contributed by atoms with Gasteiger partial charge in [0, 0.05) is 30.4 Å². The first-order valence-electron chi connectivity index (χ1n) is 4.40. The first kappa shape index (κ1) is 7.03. The molecule has 13 heavy (non-hydrogen) atoms. The molecule has 2 atom stereocenters. The lowest BCUT2D eigenvalue weighted by Crippen LogP contribution is -2.01. The molecule has 0 unspecified atom stereocenters. The molecule has 0 saturated heterocycles. The Hall–Kier alpha value is -1.42. The van der Waals surface area contributed by atoms with Gasteiger partial charge in [-0.1, -0.05) is 0 Å². The molecule has 0 aliphatic heterocycles. The van der Waals surface area contributed by atoms with Gasteiger partial charge >= 0.3 is 0 Å². The van der Waals surface area contributed by atoms with Crippen LogP contribution in [-0.2, 0) is 0 Å². The van der Waals surface area contributed by atoms with Gasteiger partial charge in [0.2, 0.25) is 0 Å². The van der Waals surface area contributed by atoms with Crippen LogP contribution in [-0.4, -0.2) is 20.6 Å². The van der Waals surface area contributed by atoms with Crippen molar-refractivity contribution in [3.8, 4) is 0 Å². The zero-order valence-corrected chi connectivity index (χ0v) is 7.09. The van der Waals surface area contributed by atoms with E-state index in [-0.39, 0.29) is 0 Å². The van der Waals surface area contributed by atoms with Gasteiger partial charge in [0.25, 0.3) is 0 Å². The van der Waals surface area contributed by atoms with Crippen molar-refractivity contribution in [3.63, 3.8) is 0 Å². The van der Waals surface area contributed by atoms with Crippen molar-refractivity contribution < 1.29 is 0 Å². The minimum absolute atomic E-state index is 0.310. The van der Waals surface area contributed by atoms with Crippen LogP contribution in [0.2, 0.25) is 0 Å². The summed E-state index contributed by atoms with van der Waals surface area (Å²) in [5.41, 5.74) is 7.73. The molecule has 2 aromatic rings.